The van der Waals surface area contributed by atoms with Gasteiger partial charge in [0, 0.05) is 19.1 Å². The van der Waals surface area contributed by atoms with E-state index in [1.807, 2.05) is 25.1 Å². The van der Waals surface area contributed by atoms with Gasteiger partial charge >= 0.3 is 12.0 Å². The number of nitrogens with zero attached hydrogens (tertiary/aromatic N) is 2. The SMILES string of the molecule is CC[C@@H](/C=N/NC(N)=O)NC(=O)[C@@H]1Cc2cccc3c2N1C(=O)[C@@H](NC(=O)CCC(=O)O)CC3. The Hall–Kier alpha value is -3.96. The summed E-state index contributed by atoms with van der Waals surface area (Å²) in [5, 5.41) is 18.0. The van der Waals surface area contributed by atoms with E-state index < -0.39 is 47.8 Å². The summed E-state index contributed by atoms with van der Waals surface area (Å²) in [5.74, 6) is -2.44. The van der Waals surface area contributed by atoms with E-state index >= 15 is 0 Å². The highest BCUT2D eigenvalue weighted by Gasteiger charge is 2.44. The quantitative estimate of drug-likeness (QED) is 0.245. The first-order valence-electron chi connectivity index (χ1n) is 11.0. The van der Waals surface area contributed by atoms with E-state index in [4.69, 9.17) is 10.8 Å². The molecule has 1 aromatic carbocycles. The number of urea groups is 1. The fraction of sp³-hybridized carbons (Fsp3) is 0.455. The number of carbonyl (C=O) groups excluding carboxylic acids is 4. The van der Waals surface area contributed by atoms with Crippen molar-refractivity contribution in [3.05, 3.63) is 29.3 Å². The Morgan fingerprint density at radius 3 is 2.68 bits per heavy atom. The van der Waals surface area contributed by atoms with Gasteiger partial charge in [0.15, 0.2) is 0 Å². The Kier molecular flexibility index (Phi) is 7.82. The summed E-state index contributed by atoms with van der Waals surface area (Å²) < 4.78 is 0. The molecule has 0 spiro atoms. The van der Waals surface area contributed by atoms with E-state index in [1.54, 1.807) is 0 Å². The van der Waals surface area contributed by atoms with Gasteiger partial charge in [-0.1, -0.05) is 25.1 Å². The average molecular weight is 473 g/mol. The van der Waals surface area contributed by atoms with Gasteiger partial charge in [-0.05, 0) is 30.4 Å². The van der Waals surface area contributed by atoms with Gasteiger partial charge in [-0.3, -0.25) is 24.1 Å². The highest BCUT2D eigenvalue weighted by Crippen LogP contribution is 2.39. The number of carboxylic acid groups (broad SMARTS) is 1. The van der Waals surface area contributed by atoms with Crippen LogP contribution in [0.1, 0.15) is 43.7 Å². The van der Waals surface area contributed by atoms with E-state index in [0.717, 1.165) is 11.1 Å². The molecule has 182 valence electrons. The first-order valence-corrected chi connectivity index (χ1v) is 11.0. The number of nitrogens with one attached hydrogen (secondary N) is 3. The van der Waals surface area contributed by atoms with Crippen molar-refractivity contribution in [3.63, 3.8) is 0 Å². The predicted molar refractivity (Wildman–Crippen MR) is 122 cm³/mol. The van der Waals surface area contributed by atoms with Crippen LogP contribution in [0.4, 0.5) is 10.5 Å². The number of aliphatic carboxylic acids is 1. The van der Waals surface area contributed by atoms with Crippen LogP contribution in [0.5, 0.6) is 0 Å². The summed E-state index contributed by atoms with van der Waals surface area (Å²) in [6.45, 7) is 1.82. The molecule has 2 aliphatic heterocycles. The molecule has 0 radical (unpaired) electrons. The molecule has 2 aliphatic rings. The molecule has 0 saturated heterocycles. The minimum absolute atomic E-state index is 0.238. The number of aryl methyl sites for hydroxylation is 1. The zero-order chi connectivity index (χ0) is 24.8. The van der Waals surface area contributed by atoms with Gasteiger partial charge in [0.25, 0.3) is 0 Å². The smallest absolute Gasteiger partial charge is 0.332 e. The van der Waals surface area contributed by atoms with E-state index in [9.17, 15) is 24.0 Å². The lowest BCUT2D eigenvalue weighted by Gasteiger charge is -2.28. The molecule has 0 unspecified atom stereocenters. The van der Waals surface area contributed by atoms with Gasteiger partial charge in [0.05, 0.1) is 18.2 Å². The summed E-state index contributed by atoms with van der Waals surface area (Å²) in [5.41, 5.74) is 9.51. The van der Waals surface area contributed by atoms with E-state index in [0.29, 0.717) is 31.4 Å². The third-order valence-electron chi connectivity index (χ3n) is 5.81. The first kappa shape index (κ1) is 24.7. The second-order valence-corrected chi connectivity index (χ2v) is 8.18. The number of para-hydroxylation sites is 1. The maximum Gasteiger partial charge on any atom is 0.332 e. The molecule has 12 nitrogen and oxygen atoms in total. The van der Waals surface area contributed by atoms with Crippen LogP contribution in [0, 0.1) is 0 Å². The second-order valence-electron chi connectivity index (χ2n) is 8.18. The number of hydrogen-bond acceptors (Lipinski definition) is 6. The lowest BCUT2D eigenvalue weighted by Crippen LogP contribution is -2.55. The Morgan fingerprint density at radius 2 is 2.00 bits per heavy atom. The molecule has 6 N–H and O–H groups in total. The van der Waals surface area contributed by atoms with Crippen molar-refractivity contribution in [1.29, 1.82) is 0 Å². The molecule has 0 bridgehead atoms. The molecule has 0 saturated carbocycles. The number of benzene rings is 1. The van der Waals surface area contributed by atoms with Crippen LogP contribution in [-0.4, -0.2) is 59.2 Å². The maximum absolute atomic E-state index is 13.5. The van der Waals surface area contributed by atoms with Crippen molar-refractivity contribution in [2.24, 2.45) is 10.8 Å². The topological polar surface area (TPSA) is 183 Å². The number of carbonyl (C=O) groups is 5. The minimum atomic E-state index is -1.10. The van der Waals surface area contributed by atoms with Crippen molar-refractivity contribution in [3.8, 4) is 0 Å². The van der Waals surface area contributed by atoms with Crippen LogP contribution in [0.25, 0.3) is 0 Å². The highest BCUT2D eigenvalue weighted by atomic mass is 16.4. The first-order chi connectivity index (χ1) is 16.2. The van der Waals surface area contributed by atoms with Crippen molar-refractivity contribution in [2.45, 2.75) is 63.6 Å². The molecular weight excluding hydrogens is 444 g/mol. The molecule has 34 heavy (non-hydrogen) atoms. The average Bonchev–Trinajstić information content (AvgIpc) is 3.13. The Balaban J connectivity index is 1.80. The standard InChI is InChI=1S/C22H28N6O6/c1-2-14(11-24-27-22(23)34)25-20(32)16-10-13-5-3-4-12-6-7-15(21(33)28(16)19(12)13)26-17(29)8-9-18(30)31/h3-5,11,14-16H,2,6-10H2,1H3,(H,25,32)(H,26,29)(H,30,31)(H3,23,27,34)/b24-11+/t14-,15-,16-/m0/s1. The van der Waals surface area contributed by atoms with Crippen LogP contribution >= 0.6 is 0 Å². The van der Waals surface area contributed by atoms with Gasteiger partial charge in [0.1, 0.15) is 12.1 Å². The van der Waals surface area contributed by atoms with Gasteiger partial charge in [-0.2, -0.15) is 5.10 Å². The number of nitrogens with two attached hydrogens (primary N) is 1. The van der Waals surface area contributed by atoms with Crippen LogP contribution in [0.3, 0.4) is 0 Å². The van der Waals surface area contributed by atoms with Crippen LogP contribution in [0.2, 0.25) is 0 Å². The van der Waals surface area contributed by atoms with E-state index in [2.05, 4.69) is 21.2 Å². The van der Waals surface area contributed by atoms with Crippen LogP contribution in [0.15, 0.2) is 23.3 Å². The zero-order valence-corrected chi connectivity index (χ0v) is 18.7. The third kappa shape index (κ3) is 5.69. The van der Waals surface area contributed by atoms with E-state index in [-0.39, 0.29) is 12.8 Å². The fourth-order valence-corrected chi connectivity index (χ4v) is 4.18. The van der Waals surface area contributed by atoms with Crippen LogP contribution < -0.4 is 26.7 Å². The van der Waals surface area contributed by atoms with Crippen molar-refractivity contribution in [1.82, 2.24) is 16.1 Å². The predicted octanol–water partition coefficient (Wildman–Crippen LogP) is -0.211. The molecular formula is C22H28N6O6. The summed E-state index contributed by atoms with van der Waals surface area (Å²) in [4.78, 5) is 61.9. The monoisotopic (exact) mass is 472 g/mol. The summed E-state index contributed by atoms with van der Waals surface area (Å²) in [7, 11) is 0. The zero-order valence-electron chi connectivity index (χ0n) is 18.7. The van der Waals surface area contributed by atoms with Crippen molar-refractivity contribution >= 4 is 41.6 Å². The molecule has 0 fully saturated rings. The number of rotatable bonds is 9. The largest absolute Gasteiger partial charge is 0.481 e. The van der Waals surface area contributed by atoms with Crippen LogP contribution in [-0.2, 0) is 32.0 Å². The van der Waals surface area contributed by atoms with Crippen molar-refractivity contribution < 1.29 is 29.1 Å². The van der Waals surface area contributed by atoms with Gasteiger partial charge in [-0.15, -0.1) is 0 Å². The number of carboxylic acids is 1. The lowest BCUT2D eigenvalue weighted by molar-refractivity contribution is -0.139. The Morgan fingerprint density at radius 1 is 1.26 bits per heavy atom. The summed E-state index contributed by atoms with van der Waals surface area (Å²) in [6, 6.07) is 2.60. The molecule has 2 heterocycles. The number of hydrazone groups is 1. The summed E-state index contributed by atoms with van der Waals surface area (Å²) >= 11 is 0. The highest BCUT2D eigenvalue weighted by molar-refractivity contribution is 6.08. The molecule has 12 heteroatoms. The van der Waals surface area contributed by atoms with E-state index in [1.165, 1.54) is 11.1 Å². The number of amides is 5. The maximum atomic E-state index is 13.5. The number of primary amides is 1. The molecule has 1 aromatic rings. The number of anilines is 1. The second kappa shape index (κ2) is 10.8. The molecule has 0 aromatic heterocycles. The Labute approximate surface area is 195 Å². The summed E-state index contributed by atoms with van der Waals surface area (Å²) in [6.07, 6.45) is 2.43. The van der Waals surface area contributed by atoms with Crippen molar-refractivity contribution in [2.75, 3.05) is 4.90 Å². The van der Waals surface area contributed by atoms with Gasteiger partial charge < -0.3 is 21.5 Å². The molecule has 5 amide bonds. The minimum Gasteiger partial charge on any atom is -0.481 e. The number of hydrogen-bond donors (Lipinski definition) is 5. The molecule has 3 rings (SSSR count). The Bertz CT molecular complexity index is 1030. The van der Waals surface area contributed by atoms with Gasteiger partial charge in [-0.25, -0.2) is 10.2 Å². The molecule has 0 aliphatic carbocycles. The third-order valence-corrected chi connectivity index (χ3v) is 5.81. The fourth-order valence-electron chi connectivity index (χ4n) is 4.18. The normalized spacial score (nSPS) is 19.8. The van der Waals surface area contributed by atoms with Gasteiger partial charge in [0.2, 0.25) is 17.7 Å². The lowest BCUT2D eigenvalue weighted by atomic mass is 10.0. The molecule has 3 atom stereocenters.